The van der Waals surface area contributed by atoms with Crippen LogP contribution < -0.4 is 10.6 Å². The summed E-state index contributed by atoms with van der Waals surface area (Å²) in [7, 11) is 0. The molecule has 0 atom stereocenters. The zero-order valence-corrected chi connectivity index (χ0v) is 15.0. The van der Waals surface area contributed by atoms with Crippen LogP contribution in [0.5, 0.6) is 0 Å². The molecule has 0 fully saturated rings. The van der Waals surface area contributed by atoms with Crippen LogP contribution >= 0.6 is 0 Å². The summed E-state index contributed by atoms with van der Waals surface area (Å²) in [6, 6.07) is 16.5. The quantitative estimate of drug-likeness (QED) is 0.678. The van der Waals surface area contributed by atoms with E-state index in [1.807, 2.05) is 42.5 Å². The zero-order chi connectivity index (χ0) is 19.2. The van der Waals surface area contributed by atoms with E-state index in [0.29, 0.717) is 17.3 Å². The molecule has 3 rings (SSSR count). The lowest BCUT2D eigenvalue weighted by atomic mass is 10.1. The maximum absolute atomic E-state index is 12.6. The van der Waals surface area contributed by atoms with Gasteiger partial charge in [-0.1, -0.05) is 30.3 Å². The molecule has 6 nitrogen and oxygen atoms in total. The van der Waals surface area contributed by atoms with Crippen LogP contribution in [0.25, 0.3) is 17.4 Å². The maximum atomic E-state index is 12.6. The monoisotopic (exact) mass is 361 g/mol. The van der Waals surface area contributed by atoms with Crippen molar-refractivity contribution < 1.29 is 14.0 Å². The van der Waals surface area contributed by atoms with Gasteiger partial charge in [0.25, 0.3) is 5.91 Å². The van der Waals surface area contributed by atoms with E-state index in [2.05, 4.69) is 15.6 Å². The first-order chi connectivity index (χ1) is 13.0. The average Bonchev–Trinajstić information content (AvgIpc) is 3.09. The van der Waals surface area contributed by atoms with Crippen molar-refractivity contribution in [3.8, 4) is 11.3 Å². The predicted octanol–water partition coefficient (Wildman–Crippen LogP) is 3.77. The Kier molecular flexibility index (Phi) is 5.47. The first kappa shape index (κ1) is 18.1. The zero-order valence-electron chi connectivity index (χ0n) is 15.0. The number of aromatic nitrogens is 1. The van der Waals surface area contributed by atoms with Crippen LogP contribution in [0.15, 0.2) is 70.9 Å². The summed E-state index contributed by atoms with van der Waals surface area (Å²) in [5.41, 5.74) is 2.44. The number of amides is 2. The summed E-state index contributed by atoms with van der Waals surface area (Å²) in [6.45, 7) is 3.14. The number of rotatable bonds is 5. The van der Waals surface area contributed by atoms with Gasteiger partial charge in [-0.05, 0) is 35.9 Å². The highest BCUT2D eigenvalue weighted by molar-refractivity contribution is 6.08. The van der Waals surface area contributed by atoms with Gasteiger partial charge < -0.3 is 15.1 Å². The van der Waals surface area contributed by atoms with Crippen molar-refractivity contribution in [2.45, 2.75) is 13.8 Å². The first-order valence-corrected chi connectivity index (χ1v) is 8.40. The van der Waals surface area contributed by atoms with Gasteiger partial charge in [-0.15, -0.1) is 0 Å². The summed E-state index contributed by atoms with van der Waals surface area (Å²) in [5.74, 6) is 0.530. The summed E-state index contributed by atoms with van der Waals surface area (Å²) in [6.07, 6.45) is 3.28. The normalized spacial score (nSPS) is 11.1. The van der Waals surface area contributed by atoms with Gasteiger partial charge in [0, 0.05) is 25.1 Å². The van der Waals surface area contributed by atoms with E-state index in [1.54, 1.807) is 31.3 Å². The molecule has 0 radical (unpaired) electrons. The fourth-order valence-electron chi connectivity index (χ4n) is 2.48. The van der Waals surface area contributed by atoms with Crippen molar-refractivity contribution >= 4 is 23.6 Å². The number of carbonyl (C=O) groups excluding carboxylic acids is 2. The molecule has 0 bridgehead atoms. The molecule has 2 amide bonds. The van der Waals surface area contributed by atoms with E-state index in [1.165, 1.54) is 6.92 Å². The average molecular weight is 361 g/mol. The third-order valence-electron chi connectivity index (χ3n) is 3.71. The van der Waals surface area contributed by atoms with Crippen LogP contribution in [0.3, 0.4) is 0 Å². The minimum atomic E-state index is -0.405. The van der Waals surface area contributed by atoms with Gasteiger partial charge in [0.2, 0.25) is 5.91 Å². The van der Waals surface area contributed by atoms with Crippen molar-refractivity contribution in [3.63, 3.8) is 0 Å². The Hall–Kier alpha value is -3.67. The molecule has 0 saturated heterocycles. The molecule has 2 aromatic carbocycles. The van der Waals surface area contributed by atoms with Crippen molar-refractivity contribution in [2.24, 2.45) is 0 Å². The second-order valence-corrected chi connectivity index (χ2v) is 5.92. The van der Waals surface area contributed by atoms with Crippen molar-refractivity contribution in [1.29, 1.82) is 0 Å². The largest absolute Gasteiger partial charge is 0.441 e. The standard InChI is InChI=1S/C21H19N3O3/c1-14(25)23-19(12-16-6-4-3-5-7-16)21(26)24-18-10-8-17(9-11-18)20-13-22-15(2)27-20/h3-13H,1-2H3,(H,23,25)(H,24,26)/b19-12-. The Balaban J connectivity index is 1.77. The highest BCUT2D eigenvalue weighted by Crippen LogP contribution is 2.22. The highest BCUT2D eigenvalue weighted by Gasteiger charge is 2.12. The lowest BCUT2D eigenvalue weighted by Crippen LogP contribution is -2.28. The Morgan fingerprint density at radius 1 is 1.04 bits per heavy atom. The minimum absolute atomic E-state index is 0.170. The lowest BCUT2D eigenvalue weighted by Gasteiger charge is -2.10. The van der Waals surface area contributed by atoms with E-state index < -0.39 is 5.91 Å². The van der Waals surface area contributed by atoms with Gasteiger partial charge in [0.1, 0.15) is 5.70 Å². The molecule has 136 valence electrons. The van der Waals surface area contributed by atoms with Gasteiger partial charge in [-0.3, -0.25) is 9.59 Å². The summed E-state index contributed by atoms with van der Waals surface area (Å²) >= 11 is 0. The number of hydrogen-bond donors (Lipinski definition) is 2. The van der Waals surface area contributed by atoms with Gasteiger partial charge in [-0.2, -0.15) is 0 Å². The maximum Gasteiger partial charge on any atom is 0.272 e. The third kappa shape index (κ3) is 4.92. The van der Waals surface area contributed by atoms with Gasteiger partial charge >= 0.3 is 0 Å². The molecule has 0 aliphatic carbocycles. The summed E-state index contributed by atoms with van der Waals surface area (Å²) in [4.78, 5) is 28.1. The Morgan fingerprint density at radius 2 is 1.74 bits per heavy atom. The number of nitrogens with zero attached hydrogens (tertiary/aromatic N) is 1. The van der Waals surface area contributed by atoms with Crippen molar-refractivity contribution in [3.05, 3.63) is 77.9 Å². The van der Waals surface area contributed by atoms with Crippen LogP contribution in [0.1, 0.15) is 18.4 Å². The number of carbonyl (C=O) groups is 2. The smallest absolute Gasteiger partial charge is 0.272 e. The molecule has 0 spiro atoms. The Morgan fingerprint density at radius 3 is 2.33 bits per heavy atom. The minimum Gasteiger partial charge on any atom is -0.441 e. The SMILES string of the molecule is CC(=O)N/C(=C\c1ccccc1)C(=O)Nc1ccc(-c2cnc(C)o2)cc1. The van der Waals surface area contributed by atoms with Crippen LogP contribution in [0, 0.1) is 6.92 Å². The molecular formula is C21H19N3O3. The fourth-order valence-corrected chi connectivity index (χ4v) is 2.48. The number of nitrogens with one attached hydrogen (secondary N) is 2. The third-order valence-corrected chi connectivity index (χ3v) is 3.71. The van der Waals surface area contributed by atoms with Gasteiger partial charge in [-0.25, -0.2) is 4.98 Å². The summed E-state index contributed by atoms with van der Waals surface area (Å²) < 4.78 is 5.48. The summed E-state index contributed by atoms with van der Waals surface area (Å²) in [5, 5.41) is 5.36. The van der Waals surface area contributed by atoms with Crippen molar-refractivity contribution in [2.75, 3.05) is 5.32 Å². The topological polar surface area (TPSA) is 84.2 Å². The Bertz CT molecular complexity index is 973. The van der Waals surface area contributed by atoms with Gasteiger partial charge in [0.15, 0.2) is 11.7 Å². The van der Waals surface area contributed by atoms with Crippen LogP contribution in [-0.4, -0.2) is 16.8 Å². The molecule has 0 saturated carbocycles. The molecule has 2 N–H and O–H groups in total. The van der Waals surface area contributed by atoms with Crippen molar-refractivity contribution in [1.82, 2.24) is 10.3 Å². The lowest BCUT2D eigenvalue weighted by molar-refractivity contribution is -0.120. The van der Waals surface area contributed by atoms with E-state index in [0.717, 1.165) is 11.1 Å². The number of oxazole rings is 1. The molecule has 6 heteroatoms. The molecular weight excluding hydrogens is 342 g/mol. The van der Waals surface area contributed by atoms with Crippen LogP contribution in [0.4, 0.5) is 5.69 Å². The molecule has 1 aromatic heterocycles. The highest BCUT2D eigenvalue weighted by atomic mass is 16.4. The van der Waals surface area contributed by atoms with E-state index >= 15 is 0 Å². The van der Waals surface area contributed by atoms with Gasteiger partial charge in [0.05, 0.1) is 6.20 Å². The molecule has 3 aromatic rings. The molecule has 27 heavy (non-hydrogen) atoms. The molecule has 0 unspecified atom stereocenters. The number of anilines is 1. The predicted molar refractivity (Wildman–Crippen MR) is 104 cm³/mol. The Labute approximate surface area is 156 Å². The molecule has 0 aliphatic heterocycles. The van der Waals surface area contributed by atoms with Crippen LogP contribution in [-0.2, 0) is 9.59 Å². The second-order valence-electron chi connectivity index (χ2n) is 5.92. The van der Waals surface area contributed by atoms with E-state index in [4.69, 9.17) is 4.42 Å². The number of hydrogen-bond acceptors (Lipinski definition) is 4. The molecule has 1 heterocycles. The second kappa shape index (κ2) is 8.14. The number of benzene rings is 2. The van der Waals surface area contributed by atoms with E-state index in [9.17, 15) is 9.59 Å². The van der Waals surface area contributed by atoms with E-state index in [-0.39, 0.29) is 11.6 Å². The van der Waals surface area contributed by atoms with Crippen LogP contribution in [0.2, 0.25) is 0 Å². The first-order valence-electron chi connectivity index (χ1n) is 8.40. The fraction of sp³-hybridized carbons (Fsp3) is 0.0952. The molecule has 0 aliphatic rings. The number of aryl methyl sites for hydroxylation is 1.